The summed E-state index contributed by atoms with van der Waals surface area (Å²) in [6, 6.07) is 10.1. The third-order valence-corrected chi connectivity index (χ3v) is 4.16. The van der Waals surface area contributed by atoms with E-state index in [1.807, 2.05) is 32.0 Å². The van der Waals surface area contributed by atoms with E-state index in [9.17, 15) is 9.59 Å². The summed E-state index contributed by atoms with van der Waals surface area (Å²) in [4.78, 5) is 24.2. The largest absolute Gasteiger partial charge is 0.468 e. The Morgan fingerprint density at radius 2 is 2.00 bits per heavy atom. The number of piperidine rings is 1. The van der Waals surface area contributed by atoms with Crippen molar-refractivity contribution in [1.29, 1.82) is 0 Å². The molecule has 108 valence electrons. The Labute approximate surface area is 119 Å². The predicted octanol–water partition coefficient (Wildman–Crippen LogP) is 1.59. The normalized spacial score (nSPS) is 25.2. The van der Waals surface area contributed by atoms with Gasteiger partial charge in [-0.3, -0.25) is 9.59 Å². The summed E-state index contributed by atoms with van der Waals surface area (Å²) in [5.74, 6) is -1.18. The lowest BCUT2D eigenvalue weighted by atomic mass is 9.70. The number of ketones is 1. The quantitative estimate of drug-likeness (QED) is 0.672. The number of hydrogen-bond donors (Lipinski definition) is 1. The van der Waals surface area contributed by atoms with Crippen molar-refractivity contribution < 1.29 is 14.3 Å². The molecule has 1 aliphatic rings. The fourth-order valence-electron chi connectivity index (χ4n) is 2.74. The van der Waals surface area contributed by atoms with Gasteiger partial charge in [-0.15, -0.1) is 0 Å². The van der Waals surface area contributed by atoms with Gasteiger partial charge in [-0.25, -0.2) is 0 Å². The van der Waals surface area contributed by atoms with Gasteiger partial charge >= 0.3 is 5.97 Å². The fourth-order valence-corrected chi connectivity index (χ4v) is 2.74. The average molecular weight is 275 g/mol. The molecular weight excluding hydrogens is 254 g/mol. The van der Waals surface area contributed by atoms with Crippen LogP contribution in [0.2, 0.25) is 0 Å². The van der Waals surface area contributed by atoms with Crippen molar-refractivity contribution in [1.82, 2.24) is 5.32 Å². The maximum atomic E-state index is 12.5. The van der Waals surface area contributed by atoms with Crippen molar-refractivity contribution >= 4 is 11.8 Å². The Morgan fingerprint density at radius 1 is 1.35 bits per heavy atom. The molecule has 2 atom stereocenters. The maximum absolute atomic E-state index is 12.5. The molecule has 0 amide bonds. The van der Waals surface area contributed by atoms with Gasteiger partial charge in [-0.1, -0.05) is 44.2 Å². The molecule has 0 aromatic heterocycles. The number of methoxy groups -OCH3 is 1. The highest BCUT2D eigenvalue weighted by atomic mass is 16.5. The van der Waals surface area contributed by atoms with Gasteiger partial charge in [-0.05, 0) is 12.0 Å². The highest BCUT2D eigenvalue weighted by Gasteiger charge is 2.47. The minimum atomic E-state index is -0.693. The fraction of sp³-hybridized carbons (Fsp3) is 0.500. The highest BCUT2D eigenvalue weighted by Crippen LogP contribution is 2.32. The van der Waals surface area contributed by atoms with Crippen LogP contribution in [0, 0.1) is 11.3 Å². The number of Topliss-reactive ketones (excluding diaryl/α,β-unsaturated/α-hetero) is 1. The Balaban J connectivity index is 2.14. The van der Waals surface area contributed by atoms with Crippen LogP contribution >= 0.6 is 0 Å². The second-order valence-corrected chi connectivity index (χ2v) is 5.81. The monoisotopic (exact) mass is 275 g/mol. The molecule has 0 saturated carbocycles. The smallest absolute Gasteiger partial charge is 0.317 e. The third kappa shape index (κ3) is 2.75. The molecule has 0 aliphatic carbocycles. The van der Waals surface area contributed by atoms with Crippen molar-refractivity contribution in [2.45, 2.75) is 26.3 Å². The number of esters is 1. The van der Waals surface area contributed by atoms with Crippen molar-refractivity contribution in [3.63, 3.8) is 0 Å². The predicted molar refractivity (Wildman–Crippen MR) is 76.2 cm³/mol. The van der Waals surface area contributed by atoms with Gasteiger partial charge in [0.2, 0.25) is 0 Å². The van der Waals surface area contributed by atoms with E-state index >= 15 is 0 Å². The van der Waals surface area contributed by atoms with Crippen molar-refractivity contribution in [2.24, 2.45) is 11.3 Å². The molecule has 4 nitrogen and oxygen atoms in total. The van der Waals surface area contributed by atoms with Crippen LogP contribution < -0.4 is 5.32 Å². The van der Waals surface area contributed by atoms with Gasteiger partial charge in [-0.2, -0.15) is 0 Å². The number of nitrogens with one attached hydrogen (secondary N) is 1. The molecule has 0 bridgehead atoms. The van der Waals surface area contributed by atoms with Crippen LogP contribution in [0.5, 0.6) is 0 Å². The van der Waals surface area contributed by atoms with E-state index in [-0.39, 0.29) is 11.8 Å². The molecule has 0 spiro atoms. The minimum Gasteiger partial charge on any atom is -0.468 e. The lowest BCUT2D eigenvalue weighted by molar-refractivity contribution is -0.154. The van der Waals surface area contributed by atoms with Crippen molar-refractivity contribution in [3.05, 3.63) is 35.9 Å². The molecule has 1 N–H and O–H groups in total. The molecule has 0 radical (unpaired) electrons. The van der Waals surface area contributed by atoms with Gasteiger partial charge in [0, 0.05) is 18.0 Å². The zero-order valence-electron chi connectivity index (χ0n) is 12.2. The number of rotatable bonds is 3. The van der Waals surface area contributed by atoms with E-state index in [0.29, 0.717) is 6.54 Å². The number of hydrogen-bond acceptors (Lipinski definition) is 4. The van der Waals surface area contributed by atoms with Crippen molar-refractivity contribution in [3.8, 4) is 0 Å². The topological polar surface area (TPSA) is 55.4 Å². The second kappa shape index (κ2) is 5.75. The van der Waals surface area contributed by atoms with Crippen LogP contribution in [0.4, 0.5) is 0 Å². The zero-order valence-corrected chi connectivity index (χ0v) is 12.2. The lowest BCUT2D eigenvalue weighted by Gasteiger charge is -2.41. The standard InChI is InChI=1S/C16H21NO3/c1-16(2)13(9-11-7-5-4-6-8-11)17-10-12(14(16)18)15(19)20-3/h4-8,12-13,17H,9-10H2,1-3H3. The van der Waals surface area contributed by atoms with Crippen LogP contribution in [0.1, 0.15) is 19.4 Å². The first-order valence-electron chi connectivity index (χ1n) is 6.86. The molecule has 1 heterocycles. The minimum absolute atomic E-state index is 0.0262. The van der Waals surface area contributed by atoms with Crippen molar-refractivity contribution in [2.75, 3.05) is 13.7 Å². The van der Waals surface area contributed by atoms with E-state index in [0.717, 1.165) is 6.42 Å². The summed E-state index contributed by atoms with van der Waals surface area (Å²) in [5, 5.41) is 3.33. The summed E-state index contributed by atoms with van der Waals surface area (Å²) in [6.07, 6.45) is 0.771. The molecule has 2 rings (SSSR count). The summed E-state index contributed by atoms with van der Waals surface area (Å²) in [5.41, 5.74) is 0.592. The van der Waals surface area contributed by atoms with Gasteiger partial charge in [0.25, 0.3) is 0 Å². The lowest BCUT2D eigenvalue weighted by Crippen LogP contribution is -2.59. The summed E-state index contributed by atoms with van der Waals surface area (Å²) in [6.45, 7) is 4.14. The third-order valence-electron chi connectivity index (χ3n) is 4.16. The molecule has 1 aliphatic heterocycles. The highest BCUT2D eigenvalue weighted by molar-refractivity contribution is 6.03. The average Bonchev–Trinajstić information content (AvgIpc) is 2.45. The first-order chi connectivity index (χ1) is 9.46. The summed E-state index contributed by atoms with van der Waals surface area (Å²) < 4.78 is 4.71. The van der Waals surface area contributed by atoms with Crippen LogP contribution in [0.15, 0.2) is 30.3 Å². The molecule has 1 fully saturated rings. The zero-order chi connectivity index (χ0) is 14.8. The molecule has 4 heteroatoms. The van der Waals surface area contributed by atoms with Gasteiger partial charge in [0.15, 0.2) is 5.78 Å². The molecule has 1 aromatic carbocycles. The van der Waals surface area contributed by atoms with E-state index in [4.69, 9.17) is 4.74 Å². The van der Waals surface area contributed by atoms with Gasteiger partial charge in [0.1, 0.15) is 5.92 Å². The van der Waals surface area contributed by atoms with Crippen LogP contribution in [0.3, 0.4) is 0 Å². The Kier molecular flexibility index (Phi) is 4.23. The van der Waals surface area contributed by atoms with Crippen LogP contribution in [-0.4, -0.2) is 31.4 Å². The van der Waals surface area contributed by atoms with Crippen LogP contribution in [-0.2, 0) is 20.7 Å². The van der Waals surface area contributed by atoms with Gasteiger partial charge in [0.05, 0.1) is 7.11 Å². The Morgan fingerprint density at radius 3 is 2.60 bits per heavy atom. The summed E-state index contributed by atoms with van der Waals surface area (Å²) in [7, 11) is 1.32. The summed E-state index contributed by atoms with van der Waals surface area (Å²) >= 11 is 0. The van der Waals surface area contributed by atoms with E-state index < -0.39 is 17.3 Å². The van der Waals surface area contributed by atoms with Gasteiger partial charge < -0.3 is 10.1 Å². The molecule has 20 heavy (non-hydrogen) atoms. The number of benzene rings is 1. The molecular formula is C16H21NO3. The molecule has 1 saturated heterocycles. The maximum Gasteiger partial charge on any atom is 0.317 e. The van der Waals surface area contributed by atoms with E-state index in [1.54, 1.807) is 0 Å². The van der Waals surface area contributed by atoms with E-state index in [1.165, 1.54) is 12.7 Å². The second-order valence-electron chi connectivity index (χ2n) is 5.81. The number of carbonyl (C=O) groups is 2. The SMILES string of the molecule is COC(=O)C1CNC(Cc2ccccc2)C(C)(C)C1=O. The van der Waals surface area contributed by atoms with E-state index in [2.05, 4.69) is 17.4 Å². The number of ether oxygens (including phenoxy) is 1. The van der Waals surface area contributed by atoms with Crippen LogP contribution in [0.25, 0.3) is 0 Å². The number of carbonyl (C=O) groups excluding carboxylic acids is 2. The Bertz CT molecular complexity index is 496. The first-order valence-corrected chi connectivity index (χ1v) is 6.86. The first kappa shape index (κ1) is 14.7. The molecule has 1 aromatic rings. The Hall–Kier alpha value is -1.68. The molecule has 2 unspecified atom stereocenters.